The van der Waals surface area contributed by atoms with Crippen molar-refractivity contribution >= 4 is 10.9 Å². The standard InChI is InChI=1S/C13H13F3N2O/c1-12(2,3)10-7-5-4-6-8(13(14,15)16)9(7)17-11(19)18-10/h4-6H,1-3H3,(H,17,18,19). The number of rotatable bonds is 0. The molecule has 0 radical (unpaired) electrons. The van der Waals surface area contributed by atoms with Crippen LogP contribution in [0.2, 0.25) is 0 Å². The molecule has 0 spiro atoms. The minimum Gasteiger partial charge on any atom is -0.309 e. The summed E-state index contributed by atoms with van der Waals surface area (Å²) >= 11 is 0. The second-order valence-corrected chi connectivity index (χ2v) is 5.37. The van der Waals surface area contributed by atoms with Gasteiger partial charge in [-0.2, -0.15) is 18.2 Å². The fourth-order valence-electron chi connectivity index (χ4n) is 1.99. The molecule has 0 aliphatic carbocycles. The highest BCUT2D eigenvalue weighted by Gasteiger charge is 2.34. The first kappa shape index (κ1) is 13.6. The number of hydrogen-bond donors (Lipinski definition) is 1. The van der Waals surface area contributed by atoms with Crippen molar-refractivity contribution in [3.63, 3.8) is 0 Å². The minimum absolute atomic E-state index is 0.302. The molecule has 0 bridgehead atoms. The number of fused-ring (bicyclic) bond motifs is 1. The lowest BCUT2D eigenvalue weighted by molar-refractivity contribution is -0.136. The van der Waals surface area contributed by atoms with Crippen LogP contribution < -0.4 is 5.69 Å². The number of nitrogens with one attached hydrogen (secondary N) is 1. The van der Waals surface area contributed by atoms with Gasteiger partial charge < -0.3 is 4.98 Å². The van der Waals surface area contributed by atoms with Crippen molar-refractivity contribution < 1.29 is 13.2 Å². The van der Waals surface area contributed by atoms with Gasteiger partial charge in [0.1, 0.15) is 0 Å². The number of para-hydroxylation sites is 1. The minimum atomic E-state index is -4.53. The van der Waals surface area contributed by atoms with E-state index in [1.165, 1.54) is 12.1 Å². The zero-order chi connectivity index (χ0) is 14.4. The van der Waals surface area contributed by atoms with E-state index >= 15 is 0 Å². The molecular weight excluding hydrogens is 257 g/mol. The van der Waals surface area contributed by atoms with Gasteiger partial charge in [0.05, 0.1) is 11.1 Å². The van der Waals surface area contributed by atoms with Crippen LogP contribution in [-0.2, 0) is 11.6 Å². The van der Waals surface area contributed by atoms with Gasteiger partial charge in [0.2, 0.25) is 0 Å². The zero-order valence-corrected chi connectivity index (χ0v) is 10.7. The van der Waals surface area contributed by atoms with E-state index in [-0.39, 0.29) is 5.52 Å². The Bertz CT molecular complexity index is 681. The van der Waals surface area contributed by atoms with Crippen LogP contribution in [0.15, 0.2) is 23.0 Å². The smallest absolute Gasteiger partial charge is 0.309 e. The predicted octanol–water partition coefficient (Wildman–Crippen LogP) is 3.24. The molecule has 1 aromatic carbocycles. The number of halogens is 3. The molecule has 3 nitrogen and oxygen atoms in total. The van der Waals surface area contributed by atoms with Crippen LogP contribution in [0, 0.1) is 0 Å². The third kappa shape index (κ3) is 2.47. The van der Waals surface area contributed by atoms with E-state index in [0.29, 0.717) is 11.1 Å². The van der Waals surface area contributed by atoms with E-state index in [0.717, 1.165) is 6.07 Å². The number of H-pyrrole nitrogens is 1. The van der Waals surface area contributed by atoms with Crippen LogP contribution >= 0.6 is 0 Å². The highest BCUT2D eigenvalue weighted by atomic mass is 19.4. The van der Waals surface area contributed by atoms with Crippen molar-refractivity contribution in [2.45, 2.75) is 32.4 Å². The fourth-order valence-corrected chi connectivity index (χ4v) is 1.99. The molecule has 6 heteroatoms. The molecule has 0 fully saturated rings. The summed E-state index contributed by atoms with van der Waals surface area (Å²) in [6, 6.07) is 3.79. The van der Waals surface area contributed by atoms with Crippen molar-refractivity contribution in [1.82, 2.24) is 9.97 Å². The van der Waals surface area contributed by atoms with E-state index < -0.39 is 22.8 Å². The summed E-state index contributed by atoms with van der Waals surface area (Å²) in [7, 11) is 0. The van der Waals surface area contributed by atoms with Crippen molar-refractivity contribution in [2.75, 3.05) is 0 Å². The summed E-state index contributed by atoms with van der Waals surface area (Å²) in [5.74, 6) is 0. The van der Waals surface area contributed by atoms with Crippen molar-refractivity contribution in [3.8, 4) is 0 Å². The van der Waals surface area contributed by atoms with Gasteiger partial charge in [-0.25, -0.2) is 4.79 Å². The molecule has 2 rings (SSSR count). The van der Waals surface area contributed by atoms with E-state index in [2.05, 4.69) is 9.97 Å². The molecule has 0 amide bonds. The van der Waals surface area contributed by atoms with E-state index in [9.17, 15) is 18.0 Å². The third-order valence-corrected chi connectivity index (χ3v) is 2.81. The number of aromatic nitrogens is 2. The summed E-state index contributed by atoms with van der Waals surface area (Å²) < 4.78 is 38.8. The Morgan fingerprint density at radius 2 is 1.79 bits per heavy atom. The van der Waals surface area contributed by atoms with Gasteiger partial charge in [0, 0.05) is 16.5 Å². The molecule has 0 atom stereocenters. The summed E-state index contributed by atoms with van der Waals surface area (Å²) in [5.41, 5.74) is -1.99. The van der Waals surface area contributed by atoms with Crippen LogP contribution in [0.1, 0.15) is 32.0 Å². The maximum absolute atomic E-state index is 12.9. The Balaban J connectivity index is 2.94. The Hall–Kier alpha value is -1.85. The lowest BCUT2D eigenvalue weighted by Gasteiger charge is -2.21. The lowest BCUT2D eigenvalue weighted by Crippen LogP contribution is -2.23. The van der Waals surface area contributed by atoms with Gasteiger partial charge >= 0.3 is 11.9 Å². The normalized spacial score (nSPS) is 12.9. The molecule has 2 aromatic rings. The van der Waals surface area contributed by atoms with Crippen LogP contribution in [-0.4, -0.2) is 9.97 Å². The van der Waals surface area contributed by atoms with Crippen molar-refractivity contribution in [2.24, 2.45) is 0 Å². The molecule has 0 aliphatic rings. The average Bonchev–Trinajstić information content (AvgIpc) is 2.24. The van der Waals surface area contributed by atoms with Gasteiger partial charge in [-0.05, 0) is 6.07 Å². The SMILES string of the molecule is CC(C)(C)c1[nH]c(=O)nc2c(C(F)(F)F)cccc12. The molecule has 19 heavy (non-hydrogen) atoms. The van der Waals surface area contributed by atoms with E-state index in [1.807, 2.05) is 20.8 Å². The molecule has 0 saturated heterocycles. The molecular formula is C13H13F3N2O. The largest absolute Gasteiger partial charge is 0.418 e. The lowest BCUT2D eigenvalue weighted by atomic mass is 9.88. The molecule has 1 N–H and O–H groups in total. The van der Waals surface area contributed by atoms with E-state index in [4.69, 9.17) is 0 Å². The summed E-state index contributed by atoms with van der Waals surface area (Å²) in [5, 5.41) is 0.321. The second kappa shape index (κ2) is 4.08. The third-order valence-electron chi connectivity index (χ3n) is 2.81. The Morgan fingerprint density at radius 1 is 1.16 bits per heavy atom. The molecule has 0 unspecified atom stereocenters. The number of hydrogen-bond acceptors (Lipinski definition) is 2. The number of aromatic amines is 1. The van der Waals surface area contributed by atoms with Crippen LogP contribution in [0.3, 0.4) is 0 Å². The zero-order valence-electron chi connectivity index (χ0n) is 10.7. The molecule has 102 valence electrons. The Kier molecular flexibility index (Phi) is 2.91. The maximum Gasteiger partial charge on any atom is 0.418 e. The molecule has 1 aromatic heterocycles. The van der Waals surface area contributed by atoms with Gasteiger partial charge in [0.25, 0.3) is 0 Å². The van der Waals surface area contributed by atoms with Crippen LogP contribution in [0.4, 0.5) is 13.2 Å². The summed E-state index contributed by atoms with van der Waals surface area (Å²) in [6.45, 7) is 5.45. The van der Waals surface area contributed by atoms with Crippen molar-refractivity contribution in [1.29, 1.82) is 0 Å². The van der Waals surface area contributed by atoms with Gasteiger partial charge in [0.15, 0.2) is 0 Å². The van der Waals surface area contributed by atoms with Gasteiger partial charge in [-0.1, -0.05) is 32.9 Å². The Labute approximate surface area is 107 Å². The Morgan fingerprint density at radius 3 is 2.32 bits per heavy atom. The second-order valence-electron chi connectivity index (χ2n) is 5.37. The highest BCUT2D eigenvalue weighted by molar-refractivity contribution is 5.84. The first-order valence-electron chi connectivity index (χ1n) is 5.71. The first-order valence-corrected chi connectivity index (χ1v) is 5.71. The number of nitrogens with zero attached hydrogens (tertiary/aromatic N) is 1. The first-order chi connectivity index (χ1) is 8.60. The van der Waals surface area contributed by atoms with E-state index in [1.54, 1.807) is 0 Å². The quantitative estimate of drug-likeness (QED) is 0.798. The topological polar surface area (TPSA) is 45.8 Å². The maximum atomic E-state index is 12.9. The van der Waals surface area contributed by atoms with Crippen molar-refractivity contribution in [3.05, 3.63) is 39.9 Å². The van der Waals surface area contributed by atoms with Gasteiger partial charge in [-0.3, -0.25) is 0 Å². The summed E-state index contributed by atoms with van der Waals surface area (Å²) in [6.07, 6.45) is -4.53. The average molecular weight is 270 g/mol. The number of benzene rings is 1. The molecule has 0 saturated carbocycles. The van der Waals surface area contributed by atoms with Gasteiger partial charge in [-0.15, -0.1) is 0 Å². The van der Waals surface area contributed by atoms with Crippen LogP contribution in [0.25, 0.3) is 10.9 Å². The highest BCUT2D eigenvalue weighted by Crippen LogP contribution is 2.35. The monoisotopic (exact) mass is 270 g/mol. The number of alkyl halides is 3. The molecule has 0 aliphatic heterocycles. The fraction of sp³-hybridized carbons (Fsp3) is 0.385. The molecule has 1 heterocycles. The van der Waals surface area contributed by atoms with Crippen LogP contribution in [0.5, 0.6) is 0 Å². The summed E-state index contributed by atoms with van der Waals surface area (Å²) in [4.78, 5) is 17.5. The predicted molar refractivity (Wildman–Crippen MR) is 66.1 cm³/mol.